The van der Waals surface area contributed by atoms with Gasteiger partial charge in [0.05, 0.1) is 50.6 Å². The Bertz CT molecular complexity index is 2030. The molecular weight excluding hydrogens is 692 g/mol. The van der Waals surface area contributed by atoms with Crippen LogP contribution in [0.25, 0.3) is 33.2 Å². The Kier molecular flexibility index (Phi) is 13.1. The van der Waals surface area contributed by atoms with Crippen LogP contribution in [0.2, 0.25) is 0 Å². The van der Waals surface area contributed by atoms with Crippen molar-refractivity contribution in [2.75, 3.05) is 59.3 Å². The summed E-state index contributed by atoms with van der Waals surface area (Å²) in [5.74, 6) is 1.17. The second-order valence-electron chi connectivity index (χ2n) is 13.2. The first kappa shape index (κ1) is 39.1. The van der Waals surface area contributed by atoms with Crippen molar-refractivity contribution in [1.29, 1.82) is 0 Å². The highest BCUT2D eigenvalue weighted by Gasteiger charge is 2.22. The second kappa shape index (κ2) is 18.1. The average molecular weight is 741 g/mol. The molecule has 0 radical (unpaired) electrons. The van der Waals surface area contributed by atoms with Crippen LogP contribution in [-0.4, -0.2) is 104 Å². The normalized spacial score (nSPS) is 11.8. The molecule has 0 fully saturated rings. The Morgan fingerprint density at radius 2 is 1.70 bits per heavy atom. The zero-order valence-electron chi connectivity index (χ0n) is 31.6. The zero-order chi connectivity index (χ0) is 38.8. The van der Waals surface area contributed by atoms with Gasteiger partial charge in [0.2, 0.25) is 11.8 Å². The number of hydrogen-bond acceptors (Lipinski definition) is 10. The molecule has 1 aliphatic rings. The van der Waals surface area contributed by atoms with Crippen LogP contribution in [0, 0.1) is 5.92 Å². The molecule has 2 heterocycles. The Labute approximate surface area is 314 Å². The van der Waals surface area contributed by atoms with Gasteiger partial charge in [0.1, 0.15) is 31.3 Å². The summed E-state index contributed by atoms with van der Waals surface area (Å²) >= 11 is 0. The van der Waals surface area contributed by atoms with Crippen LogP contribution in [-0.2, 0) is 32.2 Å². The molecule has 0 aliphatic carbocycles. The number of alkyl carbamates (subject to hydrolysis) is 2. The number of H-pyrrole nitrogens is 1. The second-order valence-corrected chi connectivity index (χ2v) is 13.2. The summed E-state index contributed by atoms with van der Waals surface area (Å²) in [6, 6.07) is 14.3. The van der Waals surface area contributed by atoms with E-state index in [0.717, 1.165) is 62.3 Å². The molecule has 0 saturated carbocycles. The van der Waals surface area contributed by atoms with Gasteiger partial charge in [-0.25, -0.2) is 14.6 Å². The largest absolute Gasteiger partial charge is 0.488 e. The number of fused-ring (bicyclic) bond motifs is 4. The Balaban J connectivity index is 1.33. The van der Waals surface area contributed by atoms with Gasteiger partial charge >= 0.3 is 12.2 Å². The Morgan fingerprint density at radius 3 is 2.37 bits per heavy atom. The highest BCUT2D eigenvalue weighted by atomic mass is 16.5. The Morgan fingerprint density at radius 1 is 0.981 bits per heavy atom. The number of aliphatic imine (C=N–C) groups is 1. The third-order valence-corrected chi connectivity index (χ3v) is 8.86. The molecule has 54 heavy (non-hydrogen) atoms. The van der Waals surface area contributed by atoms with Crippen molar-refractivity contribution in [3.8, 4) is 28.1 Å². The van der Waals surface area contributed by atoms with Gasteiger partial charge in [-0.1, -0.05) is 39.0 Å². The van der Waals surface area contributed by atoms with Crippen LogP contribution < -0.4 is 20.7 Å². The van der Waals surface area contributed by atoms with Crippen LogP contribution in [0.5, 0.6) is 5.75 Å². The lowest BCUT2D eigenvalue weighted by Crippen LogP contribution is -2.42. The first-order valence-corrected chi connectivity index (χ1v) is 17.9. The van der Waals surface area contributed by atoms with Crippen LogP contribution in [0.4, 0.5) is 21.0 Å². The van der Waals surface area contributed by atoms with Crippen molar-refractivity contribution in [3.05, 3.63) is 60.0 Å². The lowest BCUT2D eigenvalue weighted by Gasteiger charge is -2.23. The smallest absolute Gasteiger partial charge is 0.407 e. The minimum atomic E-state index is -0.658. The highest BCUT2D eigenvalue weighted by molar-refractivity contribution is 6.03. The Hall–Kier alpha value is -6.12. The number of nitrogens with one attached hydrogen (secondary N) is 4. The van der Waals surface area contributed by atoms with Gasteiger partial charge in [-0.2, -0.15) is 0 Å². The number of nitrogens with zero attached hydrogens (tertiary/aromatic N) is 4. The van der Waals surface area contributed by atoms with Crippen LogP contribution >= 0.6 is 0 Å². The minimum absolute atomic E-state index is 0.159. The summed E-state index contributed by atoms with van der Waals surface area (Å²) in [5.41, 5.74) is 6.39. The van der Waals surface area contributed by atoms with E-state index in [0.29, 0.717) is 25.5 Å². The first-order chi connectivity index (χ1) is 26.0. The quantitative estimate of drug-likeness (QED) is 0.115. The number of imidazole rings is 1. The summed E-state index contributed by atoms with van der Waals surface area (Å²) in [6.07, 6.45) is 2.90. The molecular formula is C39H48N8O7. The number of aromatic nitrogens is 2. The molecule has 0 unspecified atom stereocenters. The van der Waals surface area contributed by atoms with E-state index in [-0.39, 0.29) is 43.9 Å². The standard InChI is InChI=1S/C39H48N8O7/c1-7-13-46(35(48)19-43-38(50)52-5)22-34-42-18-32(45-34)26-8-10-28-27(15-26)23-54-33-17-29-25(16-30(28)33)9-11-31(37(29)40-4)41-12-14-47(21-24(2)3)36(49)20-44-39(51)53-6/h8-12,15-18,24,40H,7,13-14,19-23H2,1-6H3,(H,42,45)(H,43,50)(H,44,51). The molecule has 3 aromatic carbocycles. The molecule has 5 rings (SSSR count). The topological polar surface area (TPSA) is 180 Å². The molecule has 4 aromatic rings. The van der Waals surface area contributed by atoms with Gasteiger partial charge in [-0.3, -0.25) is 14.6 Å². The fourth-order valence-corrected chi connectivity index (χ4v) is 6.29. The van der Waals surface area contributed by atoms with E-state index in [1.165, 1.54) is 14.2 Å². The van der Waals surface area contributed by atoms with Gasteiger partial charge < -0.3 is 44.9 Å². The van der Waals surface area contributed by atoms with Crippen molar-refractivity contribution in [3.63, 3.8) is 0 Å². The van der Waals surface area contributed by atoms with Crippen molar-refractivity contribution in [2.45, 2.75) is 40.3 Å². The first-order valence-electron chi connectivity index (χ1n) is 17.9. The average Bonchev–Trinajstić information content (AvgIpc) is 3.65. The molecule has 0 bridgehead atoms. The number of ether oxygens (including phenoxy) is 3. The number of methoxy groups -OCH3 is 2. The summed E-state index contributed by atoms with van der Waals surface area (Å²) in [4.78, 5) is 64.4. The van der Waals surface area contributed by atoms with Crippen molar-refractivity contribution < 1.29 is 33.4 Å². The van der Waals surface area contributed by atoms with E-state index in [9.17, 15) is 19.2 Å². The molecule has 0 atom stereocenters. The molecule has 4 N–H and O–H groups in total. The maximum absolute atomic E-state index is 12.8. The predicted molar refractivity (Wildman–Crippen MR) is 207 cm³/mol. The summed E-state index contributed by atoms with van der Waals surface area (Å²) < 4.78 is 15.5. The highest BCUT2D eigenvalue weighted by Crippen LogP contribution is 2.44. The molecule has 4 amide bonds. The summed E-state index contributed by atoms with van der Waals surface area (Å²) in [7, 11) is 4.36. The molecule has 286 valence electrons. The maximum Gasteiger partial charge on any atom is 0.407 e. The van der Waals surface area contributed by atoms with E-state index < -0.39 is 12.2 Å². The van der Waals surface area contributed by atoms with Crippen molar-refractivity contribution in [1.82, 2.24) is 30.4 Å². The number of carbonyl (C=O) groups is 4. The van der Waals surface area contributed by atoms with E-state index in [4.69, 9.17) is 9.73 Å². The van der Waals surface area contributed by atoms with Crippen LogP contribution in [0.1, 0.15) is 38.6 Å². The molecule has 15 nitrogen and oxygen atoms in total. The number of hydrogen-bond donors (Lipinski definition) is 4. The summed E-state index contributed by atoms with van der Waals surface area (Å²) in [5, 5.41) is 10.1. The SMILES string of the molecule is CCCN(Cc1ncc(-c2ccc3c(c2)COc2cc4c(NC)c(N=CCN(CC(C)C)C(=O)CNC(=O)OC)ccc4cc2-3)[nH]1)C(=O)CNC(=O)OC. The molecule has 1 aliphatic heterocycles. The number of benzene rings is 3. The lowest BCUT2D eigenvalue weighted by atomic mass is 9.92. The molecule has 1 aromatic heterocycles. The lowest BCUT2D eigenvalue weighted by molar-refractivity contribution is -0.131. The van der Waals surface area contributed by atoms with Crippen molar-refractivity contribution >= 4 is 52.4 Å². The van der Waals surface area contributed by atoms with E-state index in [1.54, 1.807) is 22.2 Å². The number of anilines is 1. The van der Waals surface area contributed by atoms with E-state index in [2.05, 4.69) is 53.6 Å². The summed E-state index contributed by atoms with van der Waals surface area (Å²) in [6.45, 7) is 7.67. The number of aromatic amines is 1. The van der Waals surface area contributed by atoms with E-state index >= 15 is 0 Å². The number of carbonyl (C=O) groups excluding carboxylic acids is 4. The number of rotatable bonds is 15. The van der Waals surface area contributed by atoms with Crippen LogP contribution in [0.3, 0.4) is 0 Å². The monoisotopic (exact) mass is 740 g/mol. The fourth-order valence-electron chi connectivity index (χ4n) is 6.29. The minimum Gasteiger partial charge on any atom is -0.488 e. The fraction of sp³-hybridized carbons (Fsp3) is 0.385. The molecule has 0 spiro atoms. The third-order valence-electron chi connectivity index (χ3n) is 8.86. The zero-order valence-corrected chi connectivity index (χ0v) is 31.6. The van der Waals surface area contributed by atoms with Gasteiger partial charge in [0, 0.05) is 37.3 Å². The van der Waals surface area contributed by atoms with Gasteiger partial charge in [-0.15, -0.1) is 0 Å². The van der Waals surface area contributed by atoms with Gasteiger partial charge in [0.15, 0.2) is 0 Å². The predicted octanol–water partition coefficient (Wildman–Crippen LogP) is 5.47. The molecule has 0 saturated heterocycles. The van der Waals surface area contributed by atoms with E-state index in [1.807, 2.05) is 52.1 Å². The van der Waals surface area contributed by atoms with Crippen LogP contribution in [0.15, 0.2) is 53.7 Å². The van der Waals surface area contributed by atoms with Gasteiger partial charge in [-0.05, 0) is 58.7 Å². The molecule has 15 heteroatoms. The third kappa shape index (κ3) is 9.45. The maximum atomic E-state index is 12.8. The van der Waals surface area contributed by atoms with Crippen molar-refractivity contribution in [2.24, 2.45) is 10.9 Å². The van der Waals surface area contributed by atoms with Gasteiger partial charge in [0.25, 0.3) is 0 Å². The number of amides is 4.